The number of fused-ring (bicyclic) bond motifs is 1. The van der Waals surface area contributed by atoms with Gasteiger partial charge in [0.2, 0.25) is 0 Å². The molecule has 0 fully saturated rings. The van der Waals surface area contributed by atoms with Crippen LogP contribution in [-0.4, -0.2) is 11.4 Å². The Bertz CT molecular complexity index is 557. The lowest BCUT2D eigenvalue weighted by Crippen LogP contribution is -2.18. The van der Waals surface area contributed by atoms with E-state index >= 15 is 0 Å². The molecule has 2 atom stereocenters. The molecule has 2 aromatic carbocycles. The van der Waals surface area contributed by atoms with Gasteiger partial charge in [0.25, 0.3) is 0 Å². The first-order valence-electron chi connectivity index (χ1n) is 6.82. The maximum Gasteiger partial charge on any atom is 0.123 e. The zero-order valence-corrected chi connectivity index (χ0v) is 12.6. The van der Waals surface area contributed by atoms with Gasteiger partial charge in [0.05, 0.1) is 0 Å². The van der Waals surface area contributed by atoms with Crippen molar-refractivity contribution in [2.24, 2.45) is 0 Å². The summed E-state index contributed by atoms with van der Waals surface area (Å²) in [5, 5.41) is 0.856. The van der Waals surface area contributed by atoms with E-state index in [-0.39, 0.29) is 11.9 Å². The first kappa shape index (κ1) is 13.6. The Balaban J connectivity index is 1.69. The summed E-state index contributed by atoms with van der Waals surface area (Å²) in [5.74, 6) is 1.16. The van der Waals surface area contributed by atoms with E-state index < -0.39 is 0 Å². The molecule has 1 aliphatic heterocycles. The van der Waals surface area contributed by atoms with E-state index in [0.29, 0.717) is 5.92 Å². The number of ether oxygens (including phenoxy) is 1. The molecule has 0 aromatic heterocycles. The number of rotatable bonds is 4. The zero-order chi connectivity index (χ0) is 13.9. The van der Waals surface area contributed by atoms with Crippen LogP contribution in [0.1, 0.15) is 23.5 Å². The average molecular weight is 335 g/mol. The summed E-state index contributed by atoms with van der Waals surface area (Å²) >= 11 is 3.56. The fourth-order valence-electron chi connectivity index (χ4n) is 2.73. The monoisotopic (exact) mass is 334 g/mol. The van der Waals surface area contributed by atoms with E-state index in [0.717, 1.165) is 29.5 Å². The molecule has 20 heavy (non-hydrogen) atoms. The molecule has 0 radical (unpaired) electrons. The van der Waals surface area contributed by atoms with Gasteiger partial charge in [-0.3, -0.25) is 0 Å². The smallest absolute Gasteiger partial charge is 0.123 e. The average Bonchev–Trinajstić information content (AvgIpc) is 2.88. The van der Waals surface area contributed by atoms with Crippen molar-refractivity contribution < 1.29 is 9.13 Å². The number of halogens is 2. The van der Waals surface area contributed by atoms with E-state index in [2.05, 4.69) is 22.0 Å². The molecule has 1 nitrogen and oxygen atoms in total. The molecule has 2 aromatic rings. The normalized spacial score (nSPS) is 18.4. The maximum absolute atomic E-state index is 13.0. The van der Waals surface area contributed by atoms with Crippen molar-refractivity contribution in [1.29, 1.82) is 0 Å². The quantitative estimate of drug-likeness (QED) is 0.736. The molecule has 2 unspecified atom stereocenters. The SMILES string of the molecule is Fc1ccc(C(CBr)CC2Cc3ccccc3O2)cc1. The summed E-state index contributed by atoms with van der Waals surface area (Å²) in [6.07, 6.45) is 2.10. The number of alkyl halides is 1. The summed E-state index contributed by atoms with van der Waals surface area (Å²) < 4.78 is 19.0. The highest BCUT2D eigenvalue weighted by atomic mass is 79.9. The van der Waals surface area contributed by atoms with E-state index in [1.807, 2.05) is 30.3 Å². The van der Waals surface area contributed by atoms with Gasteiger partial charge in [0.15, 0.2) is 0 Å². The molecular formula is C17H16BrFO. The standard InChI is InChI=1S/C17H16BrFO/c18-11-14(12-5-7-15(19)8-6-12)10-16-9-13-3-1-2-4-17(13)20-16/h1-8,14,16H,9-11H2. The molecule has 0 spiro atoms. The minimum atomic E-state index is -0.188. The minimum Gasteiger partial charge on any atom is -0.490 e. The van der Waals surface area contributed by atoms with Gasteiger partial charge in [0, 0.05) is 11.8 Å². The van der Waals surface area contributed by atoms with Crippen LogP contribution in [0.4, 0.5) is 4.39 Å². The van der Waals surface area contributed by atoms with Crippen LogP contribution in [0.15, 0.2) is 48.5 Å². The highest BCUT2D eigenvalue weighted by Gasteiger charge is 2.25. The van der Waals surface area contributed by atoms with E-state index in [9.17, 15) is 4.39 Å². The lowest BCUT2D eigenvalue weighted by atomic mass is 9.93. The van der Waals surface area contributed by atoms with Gasteiger partial charge >= 0.3 is 0 Å². The van der Waals surface area contributed by atoms with E-state index in [1.165, 1.54) is 17.7 Å². The molecule has 1 aliphatic rings. The zero-order valence-electron chi connectivity index (χ0n) is 11.1. The highest BCUT2D eigenvalue weighted by Crippen LogP contribution is 2.33. The minimum absolute atomic E-state index is 0.188. The third kappa shape index (κ3) is 2.88. The Morgan fingerprint density at radius 1 is 1.15 bits per heavy atom. The number of benzene rings is 2. The third-order valence-corrected chi connectivity index (χ3v) is 4.57. The molecule has 3 heteroatoms. The molecule has 0 aliphatic carbocycles. The Morgan fingerprint density at radius 3 is 2.60 bits per heavy atom. The second-order valence-electron chi connectivity index (χ2n) is 5.19. The first-order chi connectivity index (χ1) is 9.76. The molecule has 0 N–H and O–H groups in total. The van der Waals surface area contributed by atoms with Crippen molar-refractivity contribution in [2.45, 2.75) is 24.9 Å². The molecule has 0 saturated carbocycles. The van der Waals surface area contributed by atoms with Crippen molar-refractivity contribution in [1.82, 2.24) is 0 Å². The van der Waals surface area contributed by atoms with Crippen LogP contribution in [0.2, 0.25) is 0 Å². The van der Waals surface area contributed by atoms with Crippen molar-refractivity contribution in [3.63, 3.8) is 0 Å². The predicted octanol–water partition coefficient (Wildman–Crippen LogP) is 4.70. The lowest BCUT2D eigenvalue weighted by Gasteiger charge is -2.19. The van der Waals surface area contributed by atoms with Crippen molar-refractivity contribution in [3.05, 3.63) is 65.5 Å². The molecule has 0 amide bonds. The fraction of sp³-hybridized carbons (Fsp3) is 0.294. The second-order valence-corrected chi connectivity index (χ2v) is 5.84. The van der Waals surface area contributed by atoms with Crippen molar-refractivity contribution in [2.75, 3.05) is 5.33 Å². The van der Waals surface area contributed by atoms with Crippen LogP contribution in [0.25, 0.3) is 0 Å². The summed E-state index contributed by atoms with van der Waals surface area (Å²) in [4.78, 5) is 0. The number of hydrogen-bond donors (Lipinski definition) is 0. The summed E-state index contributed by atoms with van der Waals surface area (Å²) in [6.45, 7) is 0. The van der Waals surface area contributed by atoms with E-state index in [1.54, 1.807) is 0 Å². The fourth-order valence-corrected chi connectivity index (χ4v) is 3.36. The van der Waals surface area contributed by atoms with Gasteiger partial charge in [0.1, 0.15) is 17.7 Å². The molecule has 104 valence electrons. The molecular weight excluding hydrogens is 319 g/mol. The van der Waals surface area contributed by atoms with Crippen LogP contribution in [0, 0.1) is 5.82 Å². The van der Waals surface area contributed by atoms with Gasteiger partial charge in [-0.25, -0.2) is 4.39 Å². The lowest BCUT2D eigenvalue weighted by molar-refractivity contribution is 0.213. The van der Waals surface area contributed by atoms with Crippen LogP contribution in [0.3, 0.4) is 0 Å². The van der Waals surface area contributed by atoms with Crippen molar-refractivity contribution in [3.8, 4) is 5.75 Å². The van der Waals surface area contributed by atoms with Crippen LogP contribution < -0.4 is 4.74 Å². The maximum atomic E-state index is 13.0. The number of para-hydroxylation sites is 1. The van der Waals surface area contributed by atoms with Gasteiger partial charge in [-0.2, -0.15) is 0 Å². The Kier molecular flexibility index (Phi) is 4.06. The summed E-state index contributed by atoms with van der Waals surface area (Å²) in [7, 11) is 0. The predicted molar refractivity (Wildman–Crippen MR) is 82.1 cm³/mol. The first-order valence-corrected chi connectivity index (χ1v) is 7.94. The van der Waals surface area contributed by atoms with Crippen molar-refractivity contribution >= 4 is 15.9 Å². The third-order valence-electron chi connectivity index (χ3n) is 3.79. The molecule has 1 heterocycles. The van der Waals surface area contributed by atoms with Gasteiger partial charge in [-0.05, 0) is 41.7 Å². The molecule has 0 bridgehead atoms. The Hall–Kier alpha value is -1.35. The van der Waals surface area contributed by atoms with Gasteiger partial charge in [-0.1, -0.05) is 46.3 Å². The second kappa shape index (κ2) is 5.96. The molecule has 3 rings (SSSR count). The highest BCUT2D eigenvalue weighted by molar-refractivity contribution is 9.09. The van der Waals surface area contributed by atoms with Gasteiger partial charge in [-0.15, -0.1) is 0 Å². The Morgan fingerprint density at radius 2 is 1.90 bits per heavy atom. The van der Waals surface area contributed by atoms with Crippen LogP contribution >= 0.6 is 15.9 Å². The Labute approximate surface area is 126 Å². The summed E-state index contributed by atoms with van der Waals surface area (Å²) in [6, 6.07) is 15.0. The largest absolute Gasteiger partial charge is 0.490 e. The van der Waals surface area contributed by atoms with E-state index in [4.69, 9.17) is 4.74 Å². The van der Waals surface area contributed by atoms with Crippen LogP contribution in [-0.2, 0) is 6.42 Å². The summed E-state index contributed by atoms with van der Waals surface area (Å²) in [5.41, 5.74) is 2.44. The molecule has 0 saturated heterocycles. The van der Waals surface area contributed by atoms with Gasteiger partial charge < -0.3 is 4.74 Å². The topological polar surface area (TPSA) is 9.23 Å². The van der Waals surface area contributed by atoms with Crippen LogP contribution in [0.5, 0.6) is 5.75 Å². The number of hydrogen-bond acceptors (Lipinski definition) is 1.